The number of ether oxygens (including phenoxy) is 1. The SMILES string of the molecule is O=C(NCCC1CCCCO1)C1NCC12CCCC2. The standard InChI is InChI=1S/C15H26N2O2/c18-14(13-15(11-17-13)7-2-3-8-15)16-9-6-12-5-1-4-10-19-12/h12-13,17H,1-11H2,(H,16,18). The van der Waals surface area contributed by atoms with Crippen LogP contribution in [0.1, 0.15) is 51.4 Å². The third-order valence-corrected chi connectivity index (χ3v) is 5.17. The normalized spacial score (nSPS) is 33.1. The molecule has 4 heteroatoms. The van der Waals surface area contributed by atoms with Gasteiger partial charge in [-0.25, -0.2) is 0 Å². The minimum absolute atomic E-state index is 0.0716. The second-order valence-corrected chi connectivity index (χ2v) is 6.45. The third-order valence-electron chi connectivity index (χ3n) is 5.17. The molecule has 2 aliphatic heterocycles. The second kappa shape index (κ2) is 5.80. The Hall–Kier alpha value is -0.610. The van der Waals surface area contributed by atoms with Gasteiger partial charge in [-0.15, -0.1) is 0 Å². The van der Waals surface area contributed by atoms with E-state index in [4.69, 9.17) is 4.74 Å². The second-order valence-electron chi connectivity index (χ2n) is 6.45. The molecule has 3 fully saturated rings. The quantitative estimate of drug-likeness (QED) is 0.812. The van der Waals surface area contributed by atoms with Crippen LogP contribution in [0.3, 0.4) is 0 Å². The van der Waals surface area contributed by atoms with Crippen molar-refractivity contribution in [1.82, 2.24) is 10.6 Å². The number of carbonyl (C=O) groups is 1. The summed E-state index contributed by atoms with van der Waals surface area (Å²) in [6.07, 6.45) is 9.98. The summed E-state index contributed by atoms with van der Waals surface area (Å²) < 4.78 is 5.69. The zero-order chi connectivity index (χ0) is 13.1. The Balaban J connectivity index is 1.39. The molecule has 3 aliphatic rings. The fraction of sp³-hybridized carbons (Fsp3) is 0.933. The van der Waals surface area contributed by atoms with Crippen molar-refractivity contribution in [3.05, 3.63) is 0 Å². The molecule has 2 unspecified atom stereocenters. The Bertz CT molecular complexity index is 320. The smallest absolute Gasteiger partial charge is 0.237 e. The van der Waals surface area contributed by atoms with Gasteiger partial charge in [-0.05, 0) is 38.5 Å². The lowest BCUT2D eigenvalue weighted by atomic mass is 9.71. The molecule has 108 valence electrons. The molecule has 0 aromatic rings. The summed E-state index contributed by atoms with van der Waals surface area (Å²) >= 11 is 0. The van der Waals surface area contributed by atoms with Crippen molar-refractivity contribution in [3.63, 3.8) is 0 Å². The lowest BCUT2D eigenvalue weighted by molar-refractivity contribution is -0.130. The molecule has 0 radical (unpaired) electrons. The highest BCUT2D eigenvalue weighted by Gasteiger charge is 2.51. The van der Waals surface area contributed by atoms with Crippen LogP contribution in [0.25, 0.3) is 0 Å². The molecule has 0 aromatic carbocycles. The van der Waals surface area contributed by atoms with Gasteiger partial charge in [-0.1, -0.05) is 12.8 Å². The Morgan fingerprint density at radius 3 is 2.74 bits per heavy atom. The van der Waals surface area contributed by atoms with E-state index in [1.165, 1.54) is 38.5 Å². The highest BCUT2D eigenvalue weighted by Crippen LogP contribution is 2.45. The van der Waals surface area contributed by atoms with E-state index in [0.29, 0.717) is 11.5 Å². The van der Waals surface area contributed by atoms with Crippen LogP contribution in [0, 0.1) is 5.41 Å². The van der Waals surface area contributed by atoms with E-state index in [1.54, 1.807) is 0 Å². The van der Waals surface area contributed by atoms with Crippen molar-refractivity contribution in [3.8, 4) is 0 Å². The summed E-state index contributed by atoms with van der Waals surface area (Å²) in [5, 5.41) is 6.42. The van der Waals surface area contributed by atoms with Crippen LogP contribution < -0.4 is 10.6 Å². The molecule has 1 saturated carbocycles. The van der Waals surface area contributed by atoms with Crippen LogP contribution in [0.4, 0.5) is 0 Å². The third kappa shape index (κ3) is 2.79. The largest absolute Gasteiger partial charge is 0.378 e. The summed E-state index contributed by atoms with van der Waals surface area (Å²) in [7, 11) is 0. The van der Waals surface area contributed by atoms with Gasteiger partial charge in [0, 0.05) is 25.1 Å². The lowest BCUT2D eigenvalue weighted by Gasteiger charge is -2.47. The van der Waals surface area contributed by atoms with Gasteiger partial charge >= 0.3 is 0 Å². The highest BCUT2D eigenvalue weighted by atomic mass is 16.5. The Kier molecular flexibility index (Phi) is 4.08. The number of hydrogen-bond acceptors (Lipinski definition) is 3. The molecule has 2 heterocycles. The summed E-state index contributed by atoms with van der Waals surface area (Å²) in [5.41, 5.74) is 0.297. The van der Waals surface area contributed by atoms with E-state index in [0.717, 1.165) is 32.5 Å². The summed E-state index contributed by atoms with van der Waals surface area (Å²) in [5.74, 6) is 0.212. The van der Waals surface area contributed by atoms with Crippen molar-refractivity contribution in [2.24, 2.45) is 5.41 Å². The van der Waals surface area contributed by atoms with Gasteiger partial charge in [-0.3, -0.25) is 4.79 Å². The minimum Gasteiger partial charge on any atom is -0.378 e. The van der Waals surface area contributed by atoms with E-state index in [1.807, 2.05) is 0 Å². The topological polar surface area (TPSA) is 50.4 Å². The van der Waals surface area contributed by atoms with Crippen LogP contribution in [0.15, 0.2) is 0 Å². The molecule has 2 N–H and O–H groups in total. The Labute approximate surface area is 115 Å². The van der Waals surface area contributed by atoms with Crippen LogP contribution in [-0.4, -0.2) is 37.7 Å². The predicted molar refractivity (Wildman–Crippen MR) is 73.9 cm³/mol. The molecule has 1 amide bonds. The molecular weight excluding hydrogens is 240 g/mol. The van der Waals surface area contributed by atoms with E-state index >= 15 is 0 Å². The fourth-order valence-corrected chi connectivity index (χ4v) is 3.90. The van der Waals surface area contributed by atoms with Crippen LogP contribution in [0.5, 0.6) is 0 Å². The van der Waals surface area contributed by atoms with Crippen molar-refractivity contribution >= 4 is 5.91 Å². The summed E-state index contributed by atoms with van der Waals surface area (Å²) in [6.45, 7) is 2.69. The highest BCUT2D eigenvalue weighted by molar-refractivity contribution is 5.84. The summed E-state index contributed by atoms with van der Waals surface area (Å²) in [4.78, 5) is 12.2. The fourth-order valence-electron chi connectivity index (χ4n) is 3.90. The molecule has 3 rings (SSSR count). The zero-order valence-corrected chi connectivity index (χ0v) is 11.7. The maximum Gasteiger partial charge on any atom is 0.237 e. The molecule has 0 bridgehead atoms. The Morgan fingerprint density at radius 1 is 1.26 bits per heavy atom. The van der Waals surface area contributed by atoms with E-state index < -0.39 is 0 Å². The van der Waals surface area contributed by atoms with Crippen molar-refractivity contribution in [2.75, 3.05) is 19.7 Å². The average Bonchev–Trinajstić information content (AvgIpc) is 2.90. The minimum atomic E-state index is 0.0716. The van der Waals surface area contributed by atoms with Crippen molar-refractivity contribution in [1.29, 1.82) is 0 Å². The van der Waals surface area contributed by atoms with Crippen molar-refractivity contribution < 1.29 is 9.53 Å². The van der Waals surface area contributed by atoms with E-state index in [9.17, 15) is 4.79 Å². The number of carbonyl (C=O) groups excluding carboxylic acids is 1. The summed E-state index contributed by atoms with van der Waals surface area (Å²) in [6, 6.07) is 0.0716. The van der Waals surface area contributed by atoms with Gasteiger partial charge < -0.3 is 15.4 Å². The molecule has 1 spiro atoms. The zero-order valence-electron chi connectivity index (χ0n) is 11.7. The molecule has 2 atom stereocenters. The number of amides is 1. The molecule has 19 heavy (non-hydrogen) atoms. The van der Waals surface area contributed by atoms with Crippen molar-refractivity contribution in [2.45, 2.75) is 63.5 Å². The van der Waals surface area contributed by atoms with Crippen LogP contribution in [0.2, 0.25) is 0 Å². The monoisotopic (exact) mass is 266 g/mol. The molecule has 0 aromatic heterocycles. The van der Waals surface area contributed by atoms with Gasteiger partial charge in [0.1, 0.15) is 0 Å². The first-order chi connectivity index (χ1) is 9.30. The number of rotatable bonds is 4. The van der Waals surface area contributed by atoms with Gasteiger partial charge in [0.05, 0.1) is 12.1 Å². The van der Waals surface area contributed by atoms with E-state index in [2.05, 4.69) is 10.6 Å². The predicted octanol–water partition coefficient (Wildman–Crippen LogP) is 1.59. The lowest BCUT2D eigenvalue weighted by Crippen LogP contribution is -2.67. The molecule has 2 saturated heterocycles. The van der Waals surface area contributed by atoms with E-state index in [-0.39, 0.29) is 11.9 Å². The first-order valence-corrected chi connectivity index (χ1v) is 7.93. The molecule has 4 nitrogen and oxygen atoms in total. The average molecular weight is 266 g/mol. The molecular formula is C15H26N2O2. The maximum atomic E-state index is 12.2. The first kappa shape index (κ1) is 13.4. The molecule has 1 aliphatic carbocycles. The van der Waals surface area contributed by atoms with Crippen LogP contribution >= 0.6 is 0 Å². The number of nitrogens with one attached hydrogen (secondary N) is 2. The van der Waals surface area contributed by atoms with Crippen LogP contribution in [-0.2, 0) is 9.53 Å². The maximum absolute atomic E-state index is 12.2. The van der Waals surface area contributed by atoms with Gasteiger partial charge in [0.15, 0.2) is 0 Å². The van der Waals surface area contributed by atoms with Gasteiger partial charge in [0.25, 0.3) is 0 Å². The first-order valence-electron chi connectivity index (χ1n) is 7.93. The van der Waals surface area contributed by atoms with Gasteiger partial charge in [0.2, 0.25) is 5.91 Å². The Morgan fingerprint density at radius 2 is 2.11 bits per heavy atom. The number of hydrogen-bond donors (Lipinski definition) is 2. The van der Waals surface area contributed by atoms with Gasteiger partial charge in [-0.2, -0.15) is 0 Å².